The van der Waals surface area contributed by atoms with Crippen molar-refractivity contribution in [3.63, 3.8) is 0 Å². The van der Waals surface area contributed by atoms with Gasteiger partial charge in [-0.05, 0) is 19.1 Å². The zero-order chi connectivity index (χ0) is 12.5. The third kappa shape index (κ3) is 1.95. The molecule has 0 aliphatic heterocycles. The molecule has 0 aliphatic carbocycles. The van der Waals surface area contributed by atoms with E-state index in [9.17, 15) is 0 Å². The van der Waals surface area contributed by atoms with Gasteiger partial charge in [-0.1, -0.05) is 17.7 Å². The summed E-state index contributed by atoms with van der Waals surface area (Å²) in [7, 11) is 0. The molecule has 18 heavy (non-hydrogen) atoms. The molecule has 0 aliphatic rings. The second-order valence-corrected chi connectivity index (χ2v) is 4.04. The lowest BCUT2D eigenvalue weighted by Gasteiger charge is -2.04. The number of imidazole rings is 1. The highest BCUT2D eigenvalue weighted by Gasteiger charge is 2.04. The molecule has 90 valence electrons. The van der Waals surface area contributed by atoms with Crippen LogP contribution in [-0.2, 0) is 0 Å². The van der Waals surface area contributed by atoms with E-state index >= 15 is 0 Å². The average Bonchev–Trinajstić information content (AvgIpc) is 2.71. The minimum Gasteiger partial charge on any atom is -0.369 e. The van der Waals surface area contributed by atoms with Crippen LogP contribution in [-0.4, -0.2) is 19.9 Å². The van der Waals surface area contributed by atoms with Gasteiger partial charge < -0.3 is 16.0 Å². The highest BCUT2D eigenvalue weighted by molar-refractivity contribution is 5.73. The summed E-state index contributed by atoms with van der Waals surface area (Å²) in [5, 5.41) is 3.12. The Bertz CT molecular complexity index is 685. The quantitative estimate of drug-likeness (QED) is 0.637. The van der Waals surface area contributed by atoms with E-state index < -0.39 is 0 Å². The molecule has 0 unspecified atom stereocenters. The molecular weight excluding hydrogens is 228 g/mol. The summed E-state index contributed by atoms with van der Waals surface area (Å²) < 4.78 is 0. The summed E-state index contributed by atoms with van der Waals surface area (Å²) in [6.07, 6.45) is 1.65. The first-order chi connectivity index (χ1) is 8.70. The number of anilines is 3. The van der Waals surface area contributed by atoms with Gasteiger partial charge in [-0.25, -0.2) is 4.98 Å². The Kier molecular flexibility index (Phi) is 2.33. The van der Waals surface area contributed by atoms with Crippen molar-refractivity contribution in [3.8, 4) is 0 Å². The van der Waals surface area contributed by atoms with Gasteiger partial charge in [0.1, 0.15) is 5.52 Å². The molecule has 0 bridgehead atoms. The number of aromatic amines is 1. The fraction of sp³-hybridized carbons (Fsp3) is 0.0833. The van der Waals surface area contributed by atoms with Crippen LogP contribution in [0.4, 0.5) is 17.6 Å². The number of rotatable bonds is 2. The summed E-state index contributed by atoms with van der Waals surface area (Å²) in [6.45, 7) is 2.04. The fourth-order valence-electron chi connectivity index (χ4n) is 1.65. The van der Waals surface area contributed by atoms with Crippen molar-refractivity contribution in [3.05, 3.63) is 36.0 Å². The van der Waals surface area contributed by atoms with E-state index in [2.05, 4.69) is 25.3 Å². The zero-order valence-corrected chi connectivity index (χ0v) is 9.81. The molecule has 6 heteroatoms. The van der Waals surface area contributed by atoms with E-state index in [1.165, 1.54) is 5.56 Å². The van der Waals surface area contributed by atoms with E-state index in [0.717, 1.165) is 11.2 Å². The molecule has 0 atom stereocenters. The zero-order valence-electron chi connectivity index (χ0n) is 9.81. The van der Waals surface area contributed by atoms with E-state index in [4.69, 9.17) is 5.73 Å². The van der Waals surface area contributed by atoms with Crippen molar-refractivity contribution in [2.24, 2.45) is 0 Å². The topological polar surface area (TPSA) is 92.5 Å². The predicted molar refractivity (Wildman–Crippen MR) is 70.6 cm³/mol. The van der Waals surface area contributed by atoms with Crippen molar-refractivity contribution in [2.45, 2.75) is 6.92 Å². The minimum atomic E-state index is 0.340. The maximum Gasteiger partial charge on any atom is 0.229 e. The van der Waals surface area contributed by atoms with E-state index in [-0.39, 0.29) is 0 Å². The molecule has 1 aromatic carbocycles. The fourth-order valence-corrected chi connectivity index (χ4v) is 1.65. The lowest BCUT2D eigenvalue weighted by Crippen LogP contribution is -1.96. The number of fused-ring (bicyclic) bond motifs is 1. The number of aryl methyl sites for hydroxylation is 1. The van der Waals surface area contributed by atoms with Crippen molar-refractivity contribution in [1.82, 2.24) is 19.9 Å². The standard InChI is InChI=1S/C12H12N6/c1-7-2-4-8(5-3-7)15-12-14-6-9-10(18-12)17-11(13)16-9/h2-6H,1H3,(H4,13,14,15,16,17,18). The molecule has 0 saturated heterocycles. The van der Waals surface area contributed by atoms with Gasteiger partial charge >= 0.3 is 0 Å². The summed E-state index contributed by atoms with van der Waals surface area (Å²) in [5.74, 6) is 0.838. The van der Waals surface area contributed by atoms with Crippen molar-refractivity contribution >= 4 is 28.7 Å². The molecule has 3 aromatic rings. The van der Waals surface area contributed by atoms with Crippen LogP contribution in [0.3, 0.4) is 0 Å². The number of nitrogens with one attached hydrogen (secondary N) is 2. The van der Waals surface area contributed by atoms with Gasteiger partial charge in [0.15, 0.2) is 11.6 Å². The van der Waals surface area contributed by atoms with Crippen molar-refractivity contribution in [1.29, 1.82) is 0 Å². The predicted octanol–water partition coefficient (Wildman–Crippen LogP) is 1.99. The number of nitrogens with two attached hydrogens (primary N) is 1. The number of nitrogen functional groups attached to an aromatic ring is 1. The molecule has 0 spiro atoms. The van der Waals surface area contributed by atoms with Crippen molar-refractivity contribution < 1.29 is 0 Å². The number of benzene rings is 1. The Morgan fingerprint density at radius 2 is 1.94 bits per heavy atom. The molecule has 2 heterocycles. The number of hydrogen-bond donors (Lipinski definition) is 3. The van der Waals surface area contributed by atoms with Crippen molar-refractivity contribution in [2.75, 3.05) is 11.1 Å². The summed E-state index contributed by atoms with van der Waals surface area (Å²) in [5.41, 5.74) is 8.97. The highest BCUT2D eigenvalue weighted by Crippen LogP contribution is 2.16. The van der Waals surface area contributed by atoms with Crippen LogP contribution in [0.2, 0.25) is 0 Å². The van der Waals surface area contributed by atoms with Gasteiger partial charge in [-0.3, -0.25) is 0 Å². The van der Waals surface area contributed by atoms with Crippen LogP contribution in [0.1, 0.15) is 5.56 Å². The Hall–Kier alpha value is -2.63. The molecule has 3 rings (SSSR count). The lowest BCUT2D eigenvalue weighted by molar-refractivity contribution is 1.19. The first-order valence-electron chi connectivity index (χ1n) is 5.52. The molecule has 0 radical (unpaired) electrons. The minimum absolute atomic E-state index is 0.340. The normalized spacial score (nSPS) is 10.7. The number of hydrogen-bond acceptors (Lipinski definition) is 5. The molecule has 0 amide bonds. The summed E-state index contributed by atoms with van der Waals surface area (Å²) >= 11 is 0. The Labute approximate surface area is 103 Å². The molecule has 4 N–H and O–H groups in total. The summed E-state index contributed by atoms with van der Waals surface area (Å²) in [6, 6.07) is 7.99. The van der Waals surface area contributed by atoms with Crippen LogP contribution >= 0.6 is 0 Å². The van der Waals surface area contributed by atoms with Gasteiger partial charge in [-0.15, -0.1) is 0 Å². The molecular formula is C12H12N6. The van der Waals surface area contributed by atoms with Crippen LogP contribution in [0, 0.1) is 6.92 Å². The molecule has 0 fully saturated rings. The van der Waals surface area contributed by atoms with Gasteiger partial charge in [0.2, 0.25) is 5.95 Å². The van der Waals surface area contributed by atoms with Crippen LogP contribution in [0.5, 0.6) is 0 Å². The smallest absolute Gasteiger partial charge is 0.229 e. The van der Waals surface area contributed by atoms with Gasteiger partial charge in [-0.2, -0.15) is 9.97 Å². The number of nitrogens with zero attached hydrogens (tertiary/aromatic N) is 3. The van der Waals surface area contributed by atoms with Gasteiger partial charge in [0.25, 0.3) is 0 Å². The van der Waals surface area contributed by atoms with Crippen LogP contribution in [0.15, 0.2) is 30.5 Å². The monoisotopic (exact) mass is 240 g/mol. The van der Waals surface area contributed by atoms with E-state index in [1.807, 2.05) is 31.2 Å². The molecule has 0 saturated carbocycles. The average molecular weight is 240 g/mol. The van der Waals surface area contributed by atoms with Gasteiger partial charge in [0, 0.05) is 5.69 Å². The SMILES string of the molecule is Cc1ccc(Nc2ncc3[nH]c(N)nc3n2)cc1. The summed E-state index contributed by atoms with van der Waals surface area (Å²) in [4.78, 5) is 15.4. The van der Waals surface area contributed by atoms with Crippen LogP contribution < -0.4 is 11.1 Å². The molecule has 6 nitrogen and oxygen atoms in total. The second kappa shape index (κ2) is 3.99. The van der Waals surface area contributed by atoms with E-state index in [0.29, 0.717) is 17.5 Å². The number of H-pyrrole nitrogens is 1. The lowest BCUT2D eigenvalue weighted by atomic mass is 10.2. The van der Waals surface area contributed by atoms with Crippen LogP contribution in [0.25, 0.3) is 11.2 Å². The number of aromatic nitrogens is 4. The van der Waals surface area contributed by atoms with Gasteiger partial charge in [0.05, 0.1) is 6.20 Å². The highest BCUT2D eigenvalue weighted by atomic mass is 15.2. The second-order valence-electron chi connectivity index (χ2n) is 4.04. The van der Waals surface area contributed by atoms with E-state index in [1.54, 1.807) is 6.20 Å². The third-order valence-electron chi connectivity index (χ3n) is 2.57. The first-order valence-corrected chi connectivity index (χ1v) is 5.52. The largest absolute Gasteiger partial charge is 0.369 e. The molecule has 2 aromatic heterocycles. The Balaban J connectivity index is 1.92. The first kappa shape index (κ1) is 10.5. The third-order valence-corrected chi connectivity index (χ3v) is 2.57. The Morgan fingerprint density at radius 1 is 1.17 bits per heavy atom. The maximum absolute atomic E-state index is 5.55. The Morgan fingerprint density at radius 3 is 2.72 bits per heavy atom. The maximum atomic E-state index is 5.55.